The number of hydrogen-bond donors (Lipinski definition) is 0. The van der Waals surface area contributed by atoms with Crippen molar-refractivity contribution >= 4 is 5.78 Å². The molecule has 0 bridgehead atoms. The van der Waals surface area contributed by atoms with Gasteiger partial charge in [-0.05, 0) is 24.0 Å². The Bertz CT molecular complexity index is 542. The van der Waals surface area contributed by atoms with Gasteiger partial charge in [0.1, 0.15) is 0 Å². The monoisotopic (exact) mass is 222 g/mol. The molecular formula is C16H14O. The second kappa shape index (κ2) is 4.17. The second-order valence-electron chi connectivity index (χ2n) is 4.61. The summed E-state index contributed by atoms with van der Waals surface area (Å²) in [7, 11) is 0. The van der Waals surface area contributed by atoms with E-state index < -0.39 is 0 Å². The fourth-order valence-electron chi connectivity index (χ4n) is 2.58. The summed E-state index contributed by atoms with van der Waals surface area (Å²) >= 11 is 0. The lowest BCUT2D eigenvalue weighted by molar-refractivity contribution is 0.0936. The number of ketones is 1. The summed E-state index contributed by atoms with van der Waals surface area (Å²) in [6.45, 7) is 0. The molecule has 17 heavy (non-hydrogen) atoms. The first kappa shape index (κ1) is 10.3. The van der Waals surface area contributed by atoms with Gasteiger partial charge in [0.15, 0.2) is 5.78 Å². The van der Waals surface area contributed by atoms with Crippen molar-refractivity contribution in [2.75, 3.05) is 0 Å². The predicted molar refractivity (Wildman–Crippen MR) is 68.1 cm³/mol. The number of rotatable bonds is 2. The van der Waals surface area contributed by atoms with E-state index in [2.05, 4.69) is 18.2 Å². The van der Waals surface area contributed by atoms with Crippen LogP contribution in [0.5, 0.6) is 0 Å². The number of fused-ring (bicyclic) bond motifs is 1. The van der Waals surface area contributed by atoms with Crippen molar-refractivity contribution < 1.29 is 4.79 Å². The van der Waals surface area contributed by atoms with E-state index in [-0.39, 0.29) is 5.92 Å². The molecule has 0 amide bonds. The van der Waals surface area contributed by atoms with Crippen LogP contribution in [-0.4, -0.2) is 5.78 Å². The van der Waals surface area contributed by atoms with Crippen LogP contribution in [0.3, 0.4) is 0 Å². The lowest BCUT2D eigenvalue weighted by Crippen LogP contribution is -2.11. The molecular weight excluding hydrogens is 208 g/mol. The van der Waals surface area contributed by atoms with Gasteiger partial charge in [-0.2, -0.15) is 0 Å². The van der Waals surface area contributed by atoms with Crippen LogP contribution in [0.2, 0.25) is 0 Å². The van der Waals surface area contributed by atoms with Crippen molar-refractivity contribution in [2.45, 2.75) is 12.8 Å². The zero-order valence-electron chi connectivity index (χ0n) is 9.60. The maximum Gasteiger partial charge on any atom is 0.166 e. The maximum absolute atomic E-state index is 12.2. The number of benzene rings is 2. The lowest BCUT2D eigenvalue weighted by atomic mass is 9.96. The van der Waals surface area contributed by atoms with E-state index in [1.165, 1.54) is 11.1 Å². The number of carbonyl (C=O) groups is 1. The van der Waals surface area contributed by atoms with Crippen LogP contribution in [0.4, 0.5) is 0 Å². The molecule has 0 N–H and O–H groups in total. The van der Waals surface area contributed by atoms with Crippen molar-refractivity contribution in [3.8, 4) is 0 Å². The maximum atomic E-state index is 12.2. The predicted octanol–water partition coefficient (Wildman–Crippen LogP) is 3.28. The zero-order valence-corrected chi connectivity index (χ0v) is 9.60. The van der Waals surface area contributed by atoms with Crippen LogP contribution in [-0.2, 0) is 12.8 Å². The van der Waals surface area contributed by atoms with E-state index in [4.69, 9.17) is 0 Å². The van der Waals surface area contributed by atoms with Gasteiger partial charge in [-0.3, -0.25) is 4.79 Å². The Morgan fingerprint density at radius 2 is 1.65 bits per heavy atom. The summed E-state index contributed by atoms with van der Waals surface area (Å²) in [5.74, 6) is 0.444. The molecule has 0 spiro atoms. The van der Waals surface area contributed by atoms with Crippen LogP contribution in [0.15, 0.2) is 54.6 Å². The summed E-state index contributed by atoms with van der Waals surface area (Å²) in [6, 6.07) is 18.2. The highest BCUT2D eigenvalue weighted by Crippen LogP contribution is 2.28. The first-order valence-electron chi connectivity index (χ1n) is 6.00. The van der Waals surface area contributed by atoms with Gasteiger partial charge in [-0.1, -0.05) is 54.6 Å². The minimum atomic E-state index is 0.134. The Balaban J connectivity index is 1.83. The van der Waals surface area contributed by atoms with Crippen molar-refractivity contribution in [3.05, 3.63) is 71.3 Å². The molecule has 1 atom stereocenters. The average Bonchev–Trinajstić information content (AvgIpc) is 2.68. The SMILES string of the molecule is O=C1c2ccccc2CC1Cc1ccccc1. The minimum absolute atomic E-state index is 0.134. The molecule has 0 saturated carbocycles. The van der Waals surface area contributed by atoms with Crippen molar-refractivity contribution in [1.29, 1.82) is 0 Å². The zero-order chi connectivity index (χ0) is 11.7. The first-order valence-corrected chi connectivity index (χ1v) is 6.00. The summed E-state index contributed by atoms with van der Waals surface area (Å²) in [4.78, 5) is 12.2. The van der Waals surface area contributed by atoms with Gasteiger partial charge in [0.25, 0.3) is 0 Å². The van der Waals surface area contributed by atoms with Crippen LogP contribution < -0.4 is 0 Å². The summed E-state index contributed by atoms with van der Waals surface area (Å²) in [5, 5.41) is 0. The average molecular weight is 222 g/mol. The highest BCUT2D eigenvalue weighted by atomic mass is 16.1. The molecule has 84 valence electrons. The number of hydrogen-bond acceptors (Lipinski definition) is 1. The van der Waals surface area contributed by atoms with Gasteiger partial charge < -0.3 is 0 Å². The van der Waals surface area contributed by atoms with Crippen molar-refractivity contribution in [2.24, 2.45) is 5.92 Å². The molecule has 3 rings (SSSR count). The molecule has 1 aliphatic rings. The normalized spacial score (nSPS) is 18.1. The third-order valence-electron chi connectivity index (χ3n) is 3.44. The summed E-state index contributed by atoms with van der Waals surface area (Å²) in [6.07, 6.45) is 1.75. The Labute approximate surface area is 101 Å². The van der Waals surface area contributed by atoms with Gasteiger partial charge in [0, 0.05) is 11.5 Å². The molecule has 0 fully saturated rings. The summed E-state index contributed by atoms with van der Waals surface area (Å²) < 4.78 is 0. The molecule has 0 aromatic heterocycles. The highest BCUT2D eigenvalue weighted by Gasteiger charge is 2.29. The Morgan fingerprint density at radius 3 is 2.41 bits per heavy atom. The minimum Gasteiger partial charge on any atom is -0.294 e. The van der Waals surface area contributed by atoms with E-state index >= 15 is 0 Å². The number of carbonyl (C=O) groups excluding carboxylic acids is 1. The van der Waals surface area contributed by atoms with E-state index in [1.54, 1.807) is 0 Å². The smallest absolute Gasteiger partial charge is 0.166 e. The lowest BCUT2D eigenvalue weighted by Gasteiger charge is -2.07. The van der Waals surface area contributed by atoms with E-state index in [0.717, 1.165) is 18.4 Å². The fraction of sp³-hybridized carbons (Fsp3) is 0.188. The van der Waals surface area contributed by atoms with Crippen molar-refractivity contribution in [3.63, 3.8) is 0 Å². The molecule has 2 aromatic rings. The van der Waals surface area contributed by atoms with Gasteiger partial charge in [-0.15, -0.1) is 0 Å². The quantitative estimate of drug-likeness (QED) is 0.762. The van der Waals surface area contributed by atoms with Crippen LogP contribution in [0.25, 0.3) is 0 Å². The van der Waals surface area contributed by atoms with Gasteiger partial charge in [-0.25, -0.2) is 0 Å². The van der Waals surface area contributed by atoms with E-state index in [0.29, 0.717) is 5.78 Å². The highest BCUT2D eigenvalue weighted by molar-refractivity contribution is 6.02. The largest absolute Gasteiger partial charge is 0.294 e. The van der Waals surface area contributed by atoms with Crippen LogP contribution >= 0.6 is 0 Å². The van der Waals surface area contributed by atoms with Gasteiger partial charge in [0.2, 0.25) is 0 Å². The molecule has 0 heterocycles. The molecule has 2 aromatic carbocycles. The van der Waals surface area contributed by atoms with Crippen molar-refractivity contribution in [1.82, 2.24) is 0 Å². The van der Waals surface area contributed by atoms with E-state index in [1.807, 2.05) is 36.4 Å². The third kappa shape index (κ3) is 1.89. The van der Waals surface area contributed by atoms with Crippen LogP contribution in [0, 0.1) is 5.92 Å². The van der Waals surface area contributed by atoms with E-state index in [9.17, 15) is 4.79 Å². The molecule has 1 nitrogen and oxygen atoms in total. The molecule has 1 aliphatic carbocycles. The third-order valence-corrected chi connectivity index (χ3v) is 3.44. The Morgan fingerprint density at radius 1 is 0.941 bits per heavy atom. The summed E-state index contributed by atoms with van der Waals surface area (Å²) in [5.41, 5.74) is 3.38. The molecule has 0 aliphatic heterocycles. The Kier molecular flexibility index (Phi) is 2.52. The molecule has 1 heteroatoms. The molecule has 0 saturated heterocycles. The van der Waals surface area contributed by atoms with Crippen LogP contribution in [0.1, 0.15) is 21.5 Å². The first-order chi connectivity index (χ1) is 8.34. The molecule has 1 unspecified atom stereocenters. The standard InChI is InChI=1S/C16H14O/c17-16-14(10-12-6-2-1-3-7-12)11-13-8-4-5-9-15(13)16/h1-9,14H,10-11H2. The topological polar surface area (TPSA) is 17.1 Å². The Hall–Kier alpha value is -1.89. The second-order valence-corrected chi connectivity index (χ2v) is 4.61. The number of Topliss-reactive ketones (excluding diaryl/α,β-unsaturated/α-hetero) is 1. The molecule has 0 radical (unpaired) electrons. The van der Waals surface area contributed by atoms with Gasteiger partial charge >= 0.3 is 0 Å². The van der Waals surface area contributed by atoms with Gasteiger partial charge in [0.05, 0.1) is 0 Å². The fourth-order valence-corrected chi connectivity index (χ4v) is 2.58.